The van der Waals surface area contributed by atoms with Crippen LogP contribution in [0.4, 0.5) is 4.79 Å². The average Bonchev–Trinajstić information content (AvgIpc) is 2.67. The van der Waals surface area contributed by atoms with Crippen molar-refractivity contribution < 1.29 is 14.3 Å². The Bertz CT molecular complexity index is 560. The molecule has 0 saturated heterocycles. The zero-order valence-corrected chi connectivity index (χ0v) is 13.7. The minimum absolute atomic E-state index is 0.0841. The second-order valence-electron chi connectivity index (χ2n) is 6.41. The van der Waals surface area contributed by atoms with Crippen molar-refractivity contribution in [3.05, 3.63) is 17.5 Å². The van der Waals surface area contributed by atoms with Crippen molar-refractivity contribution in [1.29, 1.82) is 0 Å². The summed E-state index contributed by atoms with van der Waals surface area (Å²) in [5.74, 6) is -0.0841. The quantitative estimate of drug-likeness (QED) is 0.883. The second kappa shape index (κ2) is 6.37. The molecule has 7 nitrogen and oxygen atoms in total. The van der Waals surface area contributed by atoms with Crippen molar-refractivity contribution in [3.63, 3.8) is 0 Å². The molecule has 1 N–H and O–H groups in total. The van der Waals surface area contributed by atoms with Gasteiger partial charge in [0.15, 0.2) is 0 Å². The minimum Gasteiger partial charge on any atom is -0.444 e. The molecule has 2 rings (SSSR count). The van der Waals surface area contributed by atoms with Crippen LogP contribution in [0.1, 0.15) is 32.0 Å². The smallest absolute Gasteiger partial charge is 0.410 e. The summed E-state index contributed by atoms with van der Waals surface area (Å²) >= 11 is 0. The van der Waals surface area contributed by atoms with Crippen molar-refractivity contribution >= 4 is 12.0 Å². The van der Waals surface area contributed by atoms with E-state index in [0.29, 0.717) is 19.5 Å². The van der Waals surface area contributed by atoms with Gasteiger partial charge in [-0.3, -0.25) is 9.48 Å². The molecule has 1 aromatic rings. The van der Waals surface area contributed by atoms with E-state index in [1.165, 1.54) is 0 Å². The van der Waals surface area contributed by atoms with Crippen LogP contribution in [0.2, 0.25) is 0 Å². The fraction of sp³-hybridized carbons (Fsp3) is 0.667. The summed E-state index contributed by atoms with van der Waals surface area (Å²) in [6.45, 7) is 6.96. The lowest BCUT2D eigenvalue weighted by Crippen LogP contribution is -2.38. The predicted molar refractivity (Wildman–Crippen MR) is 81.5 cm³/mol. The number of nitrogens with zero attached hydrogens (tertiary/aromatic N) is 3. The van der Waals surface area contributed by atoms with Crippen molar-refractivity contribution in [1.82, 2.24) is 20.0 Å². The van der Waals surface area contributed by atoms with Gasteiger partial charge in [0.25, 0.3) is 0 Å². The maximum atomic E-state index is 12.2. The fourth-order valence-corrected chi connectivity index (χ4v) is 2.42. The van der Waals surface area contributed by atoms with Crippen molar-refractivity contribution in [3.8, 4) is 0 Å². The molecule has 0 saturated carbocycles. The molecule has 0 radical (unpaired) electrons. The van der Waals surface area contributed by atoms with Gasteiger partial charge in [0.05, 0.1) is 6.20 Å². The third-order valence-electron chi connectivity index (χ3n) is 3.53. The van der Waals surface area contributed by atoms with Crippen LogP contribution in [-0.2, 0) is 28.9 Å². The molecular formula is C15H24N4O3. The van der Waals surface area contributed by atoms with Crippen LogP contribution < -0.4 is 5.32 Å². The number of carbonyl (C=O) groups is 2. The SMILES string of the molecule is CNC(=O)Cn1ncc2c1CCN(C(=O)OC(C)(C)C)CC2. The van der Waals surface area contributed by atoms with Gasteiger partial charge in [-0.05, 0) is 32.8 Å². The van der Waals surface area contributed by atoms with Gasteiger partial charge >= 0.3 is 6.09 Å². The summed E-state index contributed by atoms with van der Waals surface area (Å²) in [6.07, 6.45) is 2.90. The Kier molecular flexibility index (Phi) is 4.73. The third kappa shape index (κ3) is 3.99. The predicted octanol–water partition coefficient (Wildman–Crippen LogP) is 0.965. The highest BCUT2D eigenvalue weighted by atomic mass is 16.6. The molecule has 1 aromatic heterocycles. The first-order valence-corrected chi connectivity index (χ1v) is 7.52. The number of hydrogen-bond donors (Lipinski definition) is 1. The summed E-state index contributed by atoms with van der Waals surface area (Å²) in [6, 6.07) is 0. The molecule has 0 fully saturated rings. The van der Waals surface area contributed by atoms with Crippen LogP contribution in [-0.4, -0.2) is 52.4 Å². The minimum atomic E-state index is -0.494. The van der Waals surface area contributed by atoms with Crippen LogP contribution in [0.3, 0.4) is 0 Å². The van der Waals surface area contributed by atoms with Gasteiger partial charge in [0.1, 0.15) is 12.1 Å². The standard InChI is InChI=1S/C15H24N4O3/c1-15(2,3)22-14(21)18-7-5-11-9-17-19(10-13(20)16-4)12(11)6-8-18/h9H,5-8,10H2,1-4H3,(H,16,20). The van der Waals surface area contributed by atoms with Gasteiger partial charge in [0, 0.05) is 32.3 Å². The average molecular weight is 308 g/mol. The van der Waals surface area contributed by atoms with E-state index >= 15 is 0 Å². The van der Waals surface area contributed by atoms with Gasteiger partial charge in [-0.1, -0.05) is 0 Å². The number of aromatic nitrogens is 2. The monoisotopic (exact) mass is 308 g/mol. The largest absolute Gasteiger partial charge is 0.444 e. The number of hydrogen-bond acceptors (Lipinski definition) is 4. The molecule has 0 unspecified atom stereocenters. The Morgan fingerprint density at radius 1 is 1.32 bits per heavy atom. The van der Waals surface area contributed by atoms with E-state index < -0.39 is 5.60 Å². The Labute approximate surface area is 130 Å². The van der Waals surface area contributed by atoms with E-state index in [1.807, 2.05) is 20.8 Å². The zero-order valence-electron chi connectivity index (χ0n) is 13.7. The molecule has 1 aliphatic heterocycles. The molecule has 122 valence electrons. The van der Waals surface area contributed by atoms with E-state index in [-0.39, 0.29) is 18.5 Å². The molecule has 0 bridgehead atoms. The first-order chi connectivity index (χ1) is 10.3. The van der Waals surface area contributed by atoms with Crippen molar-refractivity contribution in [2.24, 2.45) is 0 Å². The highest BCUT2D eigenvalue weighted by Gasteiger charge is 2.25. The number of carbonyl (C=O) groups excluding carboxylic acids is 2. The van der Waals surface area contributed by atoms with Crippen LogP contribution in [0.5, 0.6) is 0 Å². The third-order valence-corrected chi connectivity index (χ3v) is 3.53. The Hall–Kier alpha value is -2.05. The molecular weight excluding hydrogens is 284 g/mol. The first-order valence-electron chi connectivity index (χ1n) is 7.52. The van der Waals surface area contributed by atoms with Gasteiger partial charge in [0.2, 0.25) is 5.91 Å². The number of likely N-dealkylation sites (N-methyl/N-ethyl adjacent to an activating group) is 1. The summed E-state index contributed by atoms with van der Waals surface area (Å²) in [7, 11) is 1.61. The van der Waals surface area contributed by atoms with Gasteiger partial charge in [-0.25, -0.2) is 4.79 Å². The molecule has 0 spiro atoms. The summed E-state index contributed by atoms with van der Waals surface area (Å²) in [5, 5.41) is 6.87. The van der Waals surface area contributed by atoms with Gasteiger partial charge in [-0.2, -0.15) is 5.10 Å². The molecule has 2 heterocycles. The van der Waals surface area contributed by atoms with E-state index in [4.69, 9.17) is 4.74 Å². The normalized spacial score (nSPS) is 15.0. The number of rotatable bonds is 2. The fourth-order valence-electron chi connectivity index (χ4n) is 2.42. The molecule has 0 atom stereocenters. The molecule has 0 aromatic carbocycles. The van der Waals surface area contributed by atoms with Crippen molar-refractivity contribution in [2.45, 2.75) is 45.8 Å². The Morgan fingerprint density at radius 2 is 2.00 bits per heavy atom. The van der Waals surface area contributed by atoms with Crippen molar-refractivity contribution in [2.75, 3.05) is 20.1 Å². The van der Waals surface area contributed by atoms with Crippen LogP contribution in [0, 0.1) is 0 Å². The van der Waals surface area contributed by atoms with E-state index in [9.17, 15) is 9.59 Å². The highest BCUT2D eigenvalue weighted by Crippen LogP contribution is 2.18. The summed E-state index contributed by atoms with van der Waals surface area (Å²) in [5.41, 5.74) is 1.62. The summed E-state index contributed by atoms with van der Waals surface area (Å²) in [4.78, 5) is 25.4. The molecule has 2 amide bonds. The van der Waals surface area contributed by atoms with Gasteiger partial charge < -0.3 is 15.0 Å². The Morgan fingerprint density at radius 3 is 2.64 bits per heavy atom. The zero-order chi connectivity index (χ0) is 16.3. The van der Waals surface area contributed by atoms with Crippen LogP contribution >= 0.6 is 0 Å². The molecule has 1 aliphatic rings. The lowest BCUT2D eigenvalue weighted by molar-refractivity contribution is -0.121. The molecule has 7 heteroatoms. The number of fused-ring (bicyclic) bond motifs is 1. The second-order valence-corrected chi connectivity index (χ2v) is 6.41. The topological polar surface area (TPSA) is 76.5 Å². The maximum Gasteiger partial charge on any atom is 0.410 e. The van der Waals surface area contributed by atoms with Gasteiger partial charge in [-0.15, -0.1) is 0 Å². The summed E-state index contributed by atoms with van der Waals surface area (Å²) < 4.78 is 7.14. The highest BCUT2D eigenvalue weighted by molar-refractivity contribution is 5.75. The van der Waals surface area contributed by atoms with E-state index in [2.05, 4.69) is 10.4 Å². The van der Waals surface area contributed by atoms with E-state index in [0.717, 1.165) is 17.7 Å². The lowest BCUT2D eigenvalue weighted by Gasteiger charge is -2.26. The van der Waals surface area contributed by atoms with Crippen LogP contribution in [0.25, 0.3) is 0 Å². The van der Waals surface area contributed by atoms with Crippen LogP contribution in [0.15, 0.2) is 6.20 Å². The number of nitrogens with one attached hydrogen (secondary N) is 1. The van der Waals surface area contributed by atoms with E-state index in [1.54, 1.807) is 22.8 Å². The number of amides is 2. The molecule has 0 aliphatic carbocycles. The number of ether oxygens (including phenoxy) is 1. The lowest BCUT2D eigenvalue weighted by atomic mass is 10.1. The molecule has 22 heavy (non-hydrogen) atoms. The maximum absolute atomic E-state index is 12.2. The Balaban J connectivity index is 2.04. The first kappa shape index (κ1) is 16.3.